The molecule has 0 unspecified atom stereocenters. The molecule has 1 aliphatic heterocycles. The van der Waals surface area contributed by atoms with Crippen molar-refractivity contribution in [2.75, 3.05) is 26.2 Å². The third-order valence-electron chi connectivity index (χ3n) is 5.35. The van der Waals surface area contributed by atoms with Gasteiger partial charge in [0.25, 0.3) is 5.91 Å². The molecule has 29 heavy (non-hydrogen) atoms. The fraction of sp³-hybridized carbons (Fsp3) is 0.318. The highest BCUT2D eigenvalue weighted by Crippen LogP contribution is 2.21. The fourth-order valence-electron chi connectivity index (χ4n) is 3.76. The Balaban J connectivity index is 1.54. The summed E-state index contributed by atoms with van der Waals surface area (Å²) in [4.78, 5) is 39.2. The number of carbonyl (C=O) groups excluding carboxylic acids is 2. The predicted octanol–water partition coefficient (Wildman–Crippen LogP) is 2.26. The average Bonchev–Trinajstić information content (AvgIpc) is 3.24. The van der Waals surface area contributed by atoms with Crippen LogP contribution in [0.15, 0.2) is 45.6 Å². The van der Waals surface area contributed by atoms with E-state index in [0.29, 0.717) is 28.7 Å². The molecule has 3 N–H and O–H groups in total. The molecule has 1 saturated heterocycles. The third kappa shape index (κ3) is 4.00. The van der Waals surface area contributed by atoms with Crippen molar-refractivity contribution in [2.45, 2.75) is 19.3 Å². The lowest BCUT2D eigenvalue weighted by atomic mass is 10.1. The zero-order valence-electron chi connectivity index (χ0n) is 16.1. The number of carbonyl (C=O) groups is 2. The van der Waals surface area contributed by atoms with E-state index in [-0.39, 0.29) is 22.3 Å². The fourth-order valence-corrected chi connectivity index (χ4v) is 3.76. The molecule has 2 amide bonds. The van der Waals surface area contributed by atoms with Crippen molar-refractivity contribution < 1.29 is 14.0 Å². The van der Waals surface area contributed by atoms with Gasteiger partial charge in [-0.15, -0.1) is 0 Å². The van der Waals surface area contributed by atoms with Gasteiger partial charge in [0.15, 0.2) is 0 Å². The van der Waals surface area contributed by atoms with Crippen molar-refractivity contribution in [3.63, 3.8) is 0 Å². The molecule has 7 heteroatoms. The number of fused-ring (bicyclic) bond motifs is 2. The standard InChI is InChI=1S/C22H23N3O4/c23-21(27)14-4-6-18-16(12-14)20(26)17-13-15(5-7-19(17)29-18)22(28)24-8-3-11-25-9-1-2-10-25/h4-7,12-13H,1-3,8-11H2,(H2,23,27)(H,24,28). The van der Waals surface area contributed by atoms with E-state index in [1.165, 1.54) is 31.0 Å². The van der Waals surface area contributed by atoms with E-state index < -0.39 is 5.91 Å². The average molecular weight is 393 g/mol. The molecule has 2 aromatic carbocycles. The first-order valence-electron chi connectivity index (χ1n) is 9.84. The van der Waals surface area contributed by atoms with Crippen LogP contribution in [0.3, 0.4) is 0 Å². The highest BCUT2D eigenvalue weighted by molar-refractivity contribution is 6.01. The Morgan fingerprint density at radius 2 is 1.62 bits per heavy atom. The van der Waals surface area contributed by atoms with E-state index in [1.807, 2.05) is 0 Å². The van der Waals surface area contributed by atoms with Crippen LogP contribution in [0.5, 0.6) is 0 Å². The maximum atomic E-state index is 12.9. The molecule has 0 atom stereocenters. The maximum absolute atomic E-state index is 12.9. The Morgan fingerprint density at radius 3 is 2.28 bits per heavy atom. The van der Waals surface area contributed by atoms with Gasteiger partial charge < -0.3 is 20.4 Å². The Hall–Kier alpha value is -3.19. The van der Waals surface area contributed by atoms with Gasteiger partial charge in [-0.2, -0.15) is 0 Å². The van der Waals surface area contributed by atoms with Gasteiger partial charge in [0.05, 0.1) is 10.8 Å². The Kier molecular flexibility index (Phi) is 5.31. The summed E-state index contributed by atoms with van der Waals surface area (Å²) in [6.07, 6.45) is 3.39. The SMILES string of the molecule is NC(=O)c1ccc2oc3ccc(C(=O)NCCCN4CCCC4)cc3c(=O)c2c1. The van der Waals surface area contributed by atoms with Crippen LogP contribution in [-0.2, 0) is 0 Å². The second-order valence-electron chi connectivity index (χ2n) is 7.38. The predicted molar refractivity (Wildman–Crippen MR) is 111 cm³/mol. The molecule has 1 fully saturated rings. The highest BCUT2D eigenvalue weighted by atomic mass is 16.3. The van der Waals surface area contributed by atoms with Crippen LogP contribution in [-0.4, -0.2) is 42.9 Å². The van der Waals surface area contributed by atoms with Crippen molar-refractivity contribution >= 4 is 33.8 Å². The summed E-state index contributed by atoms with van der Waals surface area (Å²) in [7, 11) is 0. The summed E-state index contributed by atoms with van der Waals surface area (Å²) in [5.74, 6) is -0.841. The lowest BCUT2D eigenvalue weighted by Crippen LogP contribution is -2.28. The van der Waals surface area contributed by atoms with Gasteiger partial charge in [-0.25, -0.2) is 0 Å². The van der Waals surface area contributed by atoms with Crippen LogP contribution in [0, 0.1) is 0 Å². The number of nitrogens with zero attached hydrogens (tertiary/aromatic N) is 1. The normalized spacial score (nSPS) is 14.5. The Morgan fingerprint density at radius 1 is 1.00 bits per heavy atom. The zero-order valence-corrected chi connectivity index (χ0v) is 16.1. The largest absolute Gasteiger partial charge is 0.456 e. The van der Waals surface area contributed by atoms with Crippen LogP contribution in [0.25, 0.3) is 21.9 Å². The van der Waals surface area contributed by atoms with E-state index in [1.54, 1.807) is 18.2 Å². The molecule has 0 spiro atoms. The van der Waals surface area contributed by atoms with Crippen LogP contribution >= 0.6 is 0 Å². The van der Waals surface area contributed by atoms with Gasteiger partial charge in [-0.1, -0.05) is 0 Å². The summed E-state index contributed by atoms with van der Waals surface area (Å²) >= 11 is 0. The number of primary amides is 1. The van der Waals surface area contributed by atoms with Gasteiger partial charge >= 0.3 is 0 Å². The molecular formula is C22H23N3O4. The van der Waals surface area contributed by atoms with Crippen LogP contribution < -0.4 is 16.5 Å². The first kappa shape index (κ1) is 19.1. The third-order valence-corrected chi connectivity index (χ3v) is 5.35. The minimum absolute atomic E-state index is 0.223. The number of likely N-dealkylation sites (tertiary alicyclic amines) is 1. The van der Waals surface area contributed by atoms with Crippen molar-refractivity contribution in [3.05, 3.63) is 57.7 Å². The van der Waals surface area contributed by atoms with E-state index in [0.717, 1.165) is 26.1 Å². The summed E-state index contributed by atoms with van der Waals surface area (Å²) in [5, 5.41) is 3.47. The quantitative estimate of drug-likeness (QED) is 0.494. The van der Waals surface area contributed by atoms with E-state index in [4.69, 9.17) is 10.2 Å². The molecule has 0 bridgehead atoms. The molecule has 3 aromatic rings. The van der Waals surface area contributed by atoms with Crippen molar-refractivity contribution in [3.8, 4) is 0 Å². The van der Waals surface area contributed by atoms with E-state index >= 15 is 0 Å². The van der Waals surface area contributed by atoms with Gasteiger partial charge in [-0.05, 0) is 75.3 Å². The Labute approximate surface area is 167 Å². The molecule has 0 radical (unpaired) electrons. The van der Waals surface area contributed by atoms with Crippen molar-refractivity contribution in [1.82, 2.24) is 10.2 Å². The number of amides is 2. The number of benzene rings is 2. The molecular weight excluding hydrogens is 370 g/mol. The lowest BCUT2D eigenvalue weighted by Gasteiger charge is -2.14. The monoisotopic (exact) mass is 393 g/mol. The molecule has 0 aliphatic carbocycles. The van der Waals surface area contributed by atoms with Crippen LogP contribution in [0.4, 0.5) is 0 Å². The number of nitrogens with two attached hydrogens (primary N) is 1. The number of nitrogens with one attached hydrogen (secondary N) is 1. The minimum Gasteiger partial charge on any atom is -0.456 e. The highest BCUT2D eigenvalue weighted by Gasteiger charge is 2.14. The number of hydrogen-bond donors (Lipinski definition) is 2. The summed E-state index contributed by atoms with van der Waals surface area (Å²) in [6, 6.07) is 9.30. The molecule has 2 heterocycles. The van der Waals surface area contributed by atoms with Crippen LogP contribution in [0.1, 0.15) is 40.0 Å². The molecule has 0 saturated carbocycles. The molecule has 150 valence electrons. The molecule has 4 rings (SSSR count). The van der Waals surface area contributed by atoms with Gasteiger partial charge in [0.2, 0.25) is 11.3 Å². The lowest BCUT2D eigenvalue weighted by molar-refractivity contribution is 0.0951. The maximum Gasteiger partial charge on any atom is 0.251 e. The van der Waals surface area contributed by atoms with E-state index in [2.05, 4.69) is 10.2 Å². The van der Waals surface area contributed by atoms with Crippen molar-refractivity contribution in [2.24, 2.45) is 5.73 Å². The molecule has 1 aromatic heterocycles. The molecule has 7 nitrogen and oxygen atoms in total. The zero-order chi connectivity index (χ0) is 20.4. The minimum atomic E-state index is -0.617. The van der Waals surface area contributed by atoms with E-state index in [9.17, 15) is 14.4 Å². The van der Waals surface area contributed by atoms with Gasteiger partial charge in [-0.3, -0.25) is 14.4 Å². The topological polar surface area (TPSA) is 106 Å². The second kappa shape index (κ2) is 8.05. The van der Waals surface area contributed by atoms with Crippen LogP contribution in [0.2, 0.25) is 0 Å². The first-order valence-corrected chi connectivity index (χ1v) is 9.84. The number of rotatable bonds is 6. The number of hydrogen-bond acceptors (Lipinski definition) is 5. The summed E-state index contributed by atoms with van der Waals surface area (Å²) in [5.41, 5.74) is 6.39. The Bertz CT molecular complexity index is 1150. The summed E-state index contributed by atoms with van der Waals surface area (Å²) < 4.78 is 5.76. The first-order chi connectivity index (χ1) is 14.0. The smallest absolute Gasteiger partial charge is 0.251 e. The van der Waals surface area contributed by atoms with Crippen molar-refractivity contribution in [1.29, 1.82) is 0 Å². The second-order valence-corrected chi connectivity index (χ2v) is 7.38. The summed E-state index contributed by atoms with van der Waals surface area (Å²) in [6.45, 7) is 3.84. The van der Waals surface area contributed by atoms with Gasteiger partial charge in [0, 0.05) is 17.7 Å². The molecule has 1 aliphatic rings. The van der Waals surface area contributed by atoms with Gasteiger partial charge in [0.1, 0.15) is 11.2 Å².